The summed E-state index contributed by atoms with van der Waals surface area (Å²) in [5.74, 6) is -1.20. The maximum atomic E-state index is 12.1. The molecule has 0 aliphatic carbocycles. The molecule has 1 unspecified atom stereocenters. The van der Waals surface area contributed by atoms with Gasteiger partial charge in [0.2, 0.25) is 5.91 Å². The maximum absolute atomic E-state index is 12.1. The predicted octanol–water partition coefficient (Wildman–Crippen LogP) is 0.504. The molecular weight excluding hydrogens is 274 g/mol. The monoisotopic (exact) mass is 297 g/mol. The SMILES string of the molecule is CC(NC(=O)N1CCC(C(=O)O)CC1)C(=O)N1CCCC1. The van der Waals surface area contributed by atoms with Crippen molar-refractivity contribution in [2.24, 2.45) is 5.92 Å². The van der Waals surface area contributed by atoms with Gasteiger partial charge < -0.3 is 20.2 Å². The van der Waals surface area contributed by atoms with E-state index < -0.39 is 12.0 Å². The first kappa shape index (κ1) is 15.6. The van der Waals surface area contributed by atoms with E-state index in [1.165, 1.54) is 0 Å². The second-order valence-electron chi connectivity index (χ2n) is 5.80. The molecule has 2 N–H and O–H groups in total. The van der Waals surface area contributed by atoms with E-state index in [0.717, 1.165) is 25.9 Å². The topological polar surface area (TPSA) is 90.0 Å². The standard InChI is InChI=1S/C14H23N3O4/c1-10(12(18)16-6-2-3-7-16)15-14(21)17-8-4-11(5-9-17)13(19)20/h10-11H,2-9H2,1H3,(H,15,21)(H,19,20). The van der Waals surface area contributed by atoms with Gasteiger partial charge in [-0.1, -0.05) is 0 Å². The second-order valence-corrected chi connectivity index (χ2v) is 5.80. The number of rotatable bonds is 3. The zero-order chi connectivity index (χ0) is 15.4. The number of carbonyl (C=O) groups excluding carboxylic acids is 2. The van der Waals surface area contributed by atoms with Crippen LogP contribution in [0.5, 0.6) is 0 Å². The molecule has 0 saturated carbocycles. The lowest BCUT2D eigenvalue weighted by molar-refractivity contribution is -0.143. The molecule has 7 heteroatoms. The highest BCUT2D eigenvalue weighted by atomic mass is 16.4. The summed E-state index contributed by atoms with van der Waals surface area (Å²) in [4.78, 5) is 38.5. The summed E-state index contributed by atoms with van der Waals surface area (Å²) in [6.45, 7) is 4.08. The maximum Gasteiger partial charge on any atom is 0.318 e. The van der Waals surface area contributed by atoms with Crippen molar-refractivity contribution in [3.05, 3.63) is 0 Å². The van der Waals surface area contributed by atoms with Crippen molar-refractivity contribution in [2.45, 2.75) is 38.6 Å². The largest absolute Gasteiger partial charge is 0.481 e. The van der Waals surface area contributed by atoms with Crippen LogP contribution >= 0.6 is 0 Å². The zero-order valence-corrected chi connectivity index (χ0v) is 12.4. The summed E-state index contributed by atoms with van der Waals surface area (Å²) < 4.78 is 0. The molecule has 2 aliphatic rings. The Morgan fingerprint density at radius 3 is 2.14 bits per heavy atom. The quantitative estimate of drug-likeness (QED) is 0.794. The summed E-state index contributed by atoms with van der Waals surface area (Å²) in [6, 6.07) is -0.813. The van der Waals surface area contributed by atoms with Gasteiger partial charge in [0.05, 0.1) is 5.92 Å². The number of carboxylic acids is 1. The van der Waals surface area contributed by atoms with Crippen molar-refractivity contribution >= 4 is 17.9 Å². The molecule has 0 aromatic rings. The van der Waals surface area contributed by atoms with E-state index in [1.54, 1.807) is 16.7 Å². The summed E-state index contributed by atoms with van der Waals surface area (Å²) in [6.07, 6.45) is 2.98. The van der Waals surface area contributed by atoms with Crippen molar-refractivity contribution in [3.63, 3.8) is 0 Å². The lowest BCUT2D eigenvalue weighted by atomic mass is 9.97. The van der Waals surface area contributed by atoms with Crippen LogP contribution in [-0.4, -0.2) is 65.0 Å². The van der Waals surface area contributed by atoms with Crippen LogP contribution in [0.2, 0.25) is 0 Å². The number of hydrogen-bond acceptors (Lipinski definition) is 3. The molecule has 118 valence electrons. The van der Waals surface area contributed by atoms with E-state index in [-0.39, 0.29) is 17.9 Å². The van der Waals surface area contributed by atoms with Crippen LogP contribution < -0.4 is 5.32 Å². The zero-order valence-electron chi connectivity index (χ0n) is 12.4. The van der Waals surface area contributed by atoms with Gasteiger partial charge in [-0.05, 0) is 32.6 Å². The number of carbonyl (C=O) groups is 3. The summed E-state index contributed by atoms with van der Waals surface area (Å²) in [7, 11) is 0. The number of nitrogens with one attached hydrogen (secondary N) is 1. The molecule has 2 rings (SSSR count). The minimum atomic E-state index is -0.798. The highest BCUT2D eigenvalue weighted by Gasteiger charge is 2.29. The number of aliphatic carboxylic acids is 1. The fourth-order valence-electron chi connectivity index (χ4n) is 2.88. The van der Waals surface area contributed by atoms with Crippen molar-refractivity contribution in [2.75, 3.05) is 26.2 Å². The first-order valence-electron chi connectivity index (χ1n) is 7.56. The molecule has 2 heterocycles. The van der Waals surface area contributed by atoms with Crippen LogP contribution in [0.4, 0.5) is 4.79 Å². The number of carboxylic acid groups (broad SMARTS) is 1. The minimum absolute atomic E-state index is 0.0405. The lowest BCUT2D eigenvalue weighted by Crippen LogP contribution is -2.52. The number of urea groups is 1. The molecule has 1 atom stereocenters. The average Bonchev–Trinajstić information content (AvgIpc) is 3.00. The number of piperidine rings is 1. The van der Waals surface area contributed by atoms with Crippen LogP contribution in [-0.2, 0) is 9.59 Å². The Balaban J connectivity index is 1.78. The lowest BCUT2D eigenvalue weighted by Gasteiger charge is -2.31. The van der Waals surface area contributed by atoms with Gasteiger partial charge in [0.15, 0.2) is 0 Å². The molecule has 0 spiro atoms. The van der Waals surface area contributed by atoms with Crippen LogP contribution in [0, 0.1) is 5.92 Å². The third-order valence-electron chi connectivity index (χ3n) is 4.26. The van der Waals surface area contributed by atoms with Crippen molar-refractivity contribution < 1.29 is 19.5 Å². The minimum Gasteiger partial charge on any atom is -0.481 e. The van der Waals surface area contributed by atoms with Gasteiger partial charge in [-0.25, -0.2) is 4.79 Å². The molecule has 3 amide bonds. The van der Waals surface area contributed by atoms with Crippen molar-refractivity contribution in [3.8, 4) is 0 Å². The predicted molar refractivity (Wildman–Crippen MR) is 75.7 cm³/mol. The van der Waals surface area contributed by atoms with Gasteiger partial charge in [-0.2, -0.15) is 0 Å². The third kappa shape index (κ3) is 3.86. The molecule has 2 aliphatic heterocycles. The van der Waals surface area contributed by atoms with Gasteiger partial charge in [0.25, 0.3) is 0 Å². The molecule has 2 saturated heterocycles. The summed E-state index contributed by atoms with van der Waals surface area (Å²) in [5, 5.41) is 11.7. The Morgan fingerprint density at radius 1 is 1.05 bits per heavy atom. The van der Waals surface area contributed by atoms with Crippen LogP contribution in [0.3, 0.4) is 0 Å². The summed E-state index contributed by atoms with van der Waals surface area (Å²) >= 11 is 0. The Morgan fingerprint density at radius 2 is 1.62 bits per heavy atom. The van der Waals surface area contributed by atoms with Crippen LogP contribution in [0.15, 0.2) is 0 Å². The van der Waals surface area contributed by atoms with Gasteiger partial charge in [-0.3, -0.25) is 9.59 Å². The Hall–Kier alpha value is -1.79. The van der Waals surface area contributed by atoms with Crippen molar-refractivity contribution in [1.29, 1.82) is 0 Å². The molecule has 0 radical (unpaired) electrons. The summed E-state index contributed by atoms with van der Waals surface area (Å²) in [5.41, 5.74) is 0. The number of nitrogens with zero attached hydrogens (tertiary/aromatic N) is 2. The van der Waals surface area contributed by atoms with Gasteiger partial charge in [0, 0.05) is 26.2 Å². The van der Waals surface area contributed by atoms with Gasteiger partial charge in [0.1, 0.15) is 6.04 Å². The Bertz CT molecular complexity index is 412. The molecular formula is C14H23N3O4. The van der Waals surface area contributed by atoms with Crippen LogP contribution in [0.1, 0.15) is 32.6 Å². The molecule has 21 heavy (non-hydrogen) atoms. The second kappa shape index (κ2) is 6.78. The number of likely N-dealkylation sites (tertiary alicyclic amines) is 2. The van der Waals surface area contributed by atoms with E-state index in [4.69, 9.17) is 5.11 Å². The highest BCUT2D eigenvalue weighted by Crippen LogP contribution is 2.17. The molecule has 7 nitrogen and oxygen atoms in total. The van der Waals surface area contributed by atoms with E-state index in [9.17, 15) is 14.4 Å². The smallest absolute Gasteiger partial charge is 0.318 e. The number of hydrogen-bond donors (Lipinski definition) is 2. The molecule has 2 fully saturated rings. The Labute approximate surface area is 124 Å². The fraction of sp³-hybridized carbons (Fsp3) is 0.786. The van der Waals surface area contributed by atoms with E-state index in [0.29, 0.717) is 25.9 Å². The van der Waals surface area contributed by atoms with Gasteiger partial charge in [-0.15, -0.1) is 0 Å². The average molecular weight is 297 g/mol. The van der Waals surface area contributed by atoms with Gasteiger partial charge >= 0.3 is 12.0 Å². The first-order valence-corrected chi connectivity index (χ1v) is 7.56. The fourth-order valence-corrected chi connectivity index (χ4v) is 2.88. The van der Waals surface area contributed by atoms with Crippen molar-refractivity contribution in [1.82, 2.24) is 15.1 Å². The molecule has 0 bridgehead atoms. The molecule has 0 aromatic carbocycles. The number of amides is 3. The third-order valence-corrected chi connectivity index (χ3v) is 4.26. The van der Waals surface area contributed by atoms with E-state index in [2.05, 4.69) is 5.32 Å². The Kier molecular flexibility index (Phi) is 5.03. The van der Waals surface area contributed by atoms with E-state index >= 15 is 0 Å². The molecule has 0 aromatic heterocycles. The van der Waals surface area contributed by atoms with Crippen LogP contribution in [0.25, 0.3) is 0 Å². The van der Waals surface area contributed by atoms with E-state index in [1.807, 2.05) is 0 Å². The highest BCUT2D eigenvalue weighted by molar-refractivity contribution is 5.87. The first-order chi connectivity index (χ1) is 9.99. The normalized spacial score (nSPS) is 21.2.